The van der Waals surface area contributed by atoms with Crippen molar-refractivity contribution in [3.8, 4) is 0 Å². The zero-order valence-electron chi connectivity index (χ0n) is 10.3. The number of carboxylic acids is 1. The predicted molar refractivity (Wildman–Crippen MR) is 64.6 cm³/mol. The molecule has 0 aromatic rings. The quantitative estimate of drug-likeness (QED) is 0.712. The summed E-state index contributed by atoms with van der Waals surface area (Å²) in [5, 5.41) is 8.64. The number of nitrogens with zero attached hydrogens (tertiary/aromatic N) is 2. The first-order valence-corrected chi connectivity index (χ1v) is 5.87. The van der Waals surface area contributed by atoms with E-state index >= 15 is 0 Å². The van der Waals surface area contributed by atoms with Gasteiger partial charge in [0.15, 0.2) is 0 Å². The monoisotopic (exact) mass is 226 g/mol. The van der Waals surface area contributed by atoms with Crippen LogP contribution in [0.5, 0.6) is 0 Å². The van der Waals surface area contributed by atoms with Crippen LogP contribution in [0, 0.1) is 0 Å². The molecule has 4 heteroatoms. The van der Waals surface area contributed by atoms with E-state index in [9.17, 15) is 4.79 Å². The highest BCUT2D eigenvalue weighted by molar-refractivity contribution is 5.80. The lowest BCUT2D eigenvalue weighted by Gasteiger charge is -2.28. The first-order valence-electron chi connectivity index (χ1n) is 5.87. The lowest BCUT2D eigenvalue weighted by atomic mass is 10.0. The lowest BCUT2D eigenvalue weighted by Crippen LogP contribution is -2.33. The number of rotatable bonds is 5. The van der Waals surface area contributed by atoms with Crippen molar-refractivity contribution in [1.82, 2.24) is 9.80 Å². The Labute approximate surface area is 97.5 Å². The Bertz CT molecular complexity index is 252. The van der Waals surface area contributed by atoms with Gasteiger partial charge < -0.3 is 14.9 Å². The Morgan fingerprint density at radius 1 is 1.44 bits per heavy atom. The maximum Gasteiger partial charge on any atom is 0.328 e. The van der Waals surface area contributed by atoms with Crippen LogP contribution in [-0.4, -0.2) is 61.2 Å². The smallest absolute Gasteiger partial charge is 0.328 e. The molecule has 1 aliphatic heterocycles. The molecule has 0 amide bonds. The fourth-order valence-corrected chi connectivity index (χ4v) is 1.99. The molecule has 1 heterocycles. The van der Waals surface area contributed by atoms with Gasteiger partial charge in [-0.3, -0.25) is 0 Å². The molecule has 0 bridgehead atoms. The van der Waals surface area contributed by atoms with Gasteiger partial charge in [-0.2, -0.15) is 0 Å². The van der Waals surface area contributed by atoms with Crippen LogP contribution in [0.25, 0.3) is 0 Å². The van der Waals surface area contributed by atoms with E-state index in [0.29, 0.717) is 0 Å². The fourth-order valence-electron chi connectivity index (χ4n) is 1.99. The molecule has 0 aromatic heterocycles. The van der Waals surface area contributed by atoms with E-state index in [1.165, 1.54) is 12.5 Å². The number of likely N-dealkylation sites (tertiary alicyclic amines) is 1. The third kappa shape index (κ3) is 5.28. The summed E-state index contributed by atoms with van der Waals surface area (Å²) in [6, 6.07) is 0. The molecule has 16 heavy (non-hydrogen) atoms. The van der Waals surface area contributed by atoms with Gasteiger partial charge >= 0.3 is 5.97 Å². The summed E-state index contributed by atoms with van der Waals surface area (Å²) in [6.07, 6.45) is 4.38. The molecule has 1 fully saturated rings. The van der Waals surface area contributed by atoms with Crippen LogP contribution in [0.4, 0.5) is 0 Å². The van der Waals surface area contributed by atoms with E-state index in [1.807, 2.05) is 0 Å². The molecule has 1 saturated heterocycles. The van der Waals surface area contributed by atoms with Crippen molar-refractivity contribution in [2.45, 2.75) is 19.3 Å². The van der Waals surface area contributed by atoms with Crippen molar-refractivity contribution in [2.75, 3.05) is 40.3 Å². The average Bonchev–Trinajstić information content (AvgIpc) is 2.19. The SMILES string of the molecule is CN(C)CCCN1CCC(=CC(=O)O)CC1. The molecule has 0 saturated carbocycles. The highest BCUT2D eigenvalue weighted by Gasteiger charge is 2.13. The molecular weight excluding hydrogens is 204 g/mol. The van der Waals surface area contributed by atoms with E-state index < -0.39 is 5.97 Å². The lowest BCUT2D eigenvalue weighted by molar-refractivity contribution is -0.131. The molecular formula is C12H22N2O2. The second-order valence-corrected chi connectivity index (χ2v) is 4.64. The van der Waals surface area contributed by atoms with Gasteiger partial charge in [0.05, 0.1) is 0 Å². The summed E-state index contributed by atoms with van der Waals surface area (Å²) in [6.45, 7) is 4.26. The molecule has 0 atom stereocenters. The second kappa shape index (κ2) is 6.66. The first kappa shape index (κ1) is 13.2. The summed E-state index contributed by atoms with van der Waals surface area (Å²) in [7, 11) is 4.17. The molecule has 0 aliphatic carbocycles. The van der Waals surface area contributed by atoms with Crippen LogP contribution in [0.3, 0.4) is 0 Å². The molecule has 1 rings (SSSR count). The molecule has 0 spiro atoms. The van der Waals surface area contributed by atoms with Gasteiger partial charge in [0.1, 0.15) is 0 Å². The van der Waals surface area contributed by atoms with Crippen molar-refractivity contribution < 1.29 is 9.90 Å². The van der Waals surface area contributed by atoms with Gasteiger partial charge in [-0.25, -0.2) is 4.79 Å². The Morgan fingerprint density at radius 3 is 2.56 bits per heavy atom. The maximum absolute atomic E-state index is 10.5. The average molecular weight is 226 g/mol. The Balaban J connectivity index is 2.19. The molecule has 0 unspecified atom stereocenters. The first-order chi connectivity index (χ1) is 7.58. The summed E-state index contributed by atoms with van der Waals surface area (Å²) >= 11 is 0. The predicted octanol–water partition coefficient (Wildman–Crippen LogP) is 1.04. The molecule has 1 N–H and O–H groups in total. The van der Waals surface area contributed by atoms with Crippen LogP contribution in [0.2, 0.25) is 0 Å². The number of hydrogen-bond donors (Lipinski definition) is 1. The van der Waals surface area contributed by atoms with Crippen molar-refractivity contribution in [3.05, 3.63) is 11.6 Å². The topological polar surface area (TPSA) is 43.8 Å². The molecule has 92 valence electrons. The highest BCUT2D eigenvalue weighted by atomic mass is 16.4. The largest absolute Gasteiger partial charge is 0.478 e. The van der Waals surface area contributed by atoms with Crippen LogP contribution in [-0.2, 0) is 4.79 Å². The van der Waals surface area contributed by atoms with Crippen molar-refractivity contribution >= 4 is 5.97 Å². The minimum absolute atomic E-state index is 0.809. The van der Waals surface area contributed by atoms with Crippen molar-refractivity contribution in [2.24, 2.45) is 0 Å². The summed E-state index contributed by atoms with van der Waals surface area (Å²) in [5.41, 5.74) is 1.08. The maximum atomic E-state index is 10.5. The zero-order valence-corrected chi connectivity index (χ0v) is 10.3. The highest BCUT2D eigenvalue weighted by Crippen LogP contribution is 2.15. The molecule has 0 aromatic carbocycles. The number of carboxylic acid groups (broad SMARTS) is 1. The van der Waals surface area contributed by atoms with Gasteiger partial charge in [-0.15, -0.1) is 0 Å². The standard InChI is InChI=1S/C12H22N2O2/c1-13(2)6-3-7-14-8-4-11(5-9-14)10-12(15)16/h10H,3-9H2,1-2H3,(H,15,16). The molecule has 1 aliphatic rings. The summed E-state index contributed by atoms with van der Waals surface area (Å²) in [5.74, 6) is -0.809. The number of hydrogen-bond acceptors (Lipinski definition) is 3. The van der Waals surface area contributed by atoms with Crippen LogP contribution >= 0.6 is 0 Å². The van der Waals surface area contributed by atoms with Crippen molar-refractivity contribution in [1.29, 1.82) is 0 Å². The third-order valence-electron chi connectivity index (χ3n) is 2.91. The van der Waals surface area contributed by atoms with E-state index in [0.717, 1.165) is 44.6 Å². The number of aliphatic carboxylic acids is 1. The van der Waals surface area contributed by atoms with E-state index in [1.54, 1.807) is 0 Å². The third-order valence-corrected chi connectivity index (χ3v) is 2.91. The van der Waals surface area contributed by atoms with Gasteiger partial charge in [0.25, 0.3) is 0 Å². The summed E-state index contributed by atoms with van der Waals surface area (Å²) in [4.78, 5) is 15.1. The van der Waals surface area contributed by atoms with E-state index in [4.69, 9.17) is 5.11 Å². The van der Waals surface area contributed by atoms with Gasteiger partial charge in [-0.05, 0) is 46.4 Å². The van der Waals surface area contributed by atoms with Crippen LogP contribution < -0.4 is 0 Å². The van der Waals surface area contributed by atoms with Gasteiger partial charge in [-0.1, -0.05) is 5.57 Å². The second-order valence-electron chi connectivity index (χ2n) is 4.64. The minimum Gasteiger partial charge on any atom is -0.478 e. The van der Waals surface area contributed by atoms with E-state index in [-0.39, 0.29) is 0 Å². The molecule has 4 nitrogen and oxygen atoms in total. The Kier molecular flexibility index (Phi) is 5.49. The van der Waals surface area contributed by atoms with Crippen LogP contribution in [0.15, 0.2) is 11.6 Å². The van der Waals surface area contributed by atoms with Gasteiger partial charge in [0, 0.05) is 19.2 Å². The normalized spacial score (nSPS) is 17.8. The number of piperidine rings is 1. The summed E-state index contributed by atoms with van der Waals surface area (Å²) < 4.78 is 0. The Morgan fingerprint density at radius 2 is 2.06 bits per heavy atom. The minimum atomic E-state index is -0.809. The van der Waals surface area contributed by atoms with Crippen molar-refractivity contribution in [3.63, 3.8) is 0 Å². The fraction of sp³-hybridized carbons (Fsp3) is 0.750. The number of carbonyl (C=O) groups is 1. The van der Waals surface area contributed by atoms with Gasteiger partial charge in [0.2, 0.25) is 0 Å². The molecule has 0 radical (unpaired) electrons. The Hall–Kier alpha value is -0.870. The van der Waals surface area contributed by atoms with Crippen LogP contribution in [0.1, 0.15) is 19.3 Å². The zero-order chi connectivity index (χ0) is 12.0. The van der Waals surface area contributed by atoms with E-state index in [2.05, 4.69) is 23.9 Å².